The van der Waals surface area contributed by atoms with Gasteiger partial charge in [0.2, 0.25) is 0 Å². The molecule has 0 spiro atoms. The van der Waals surface area contributed by atoms with Crippen LogP contribution in [0.1, 0.15) is 0 Å². The summed E-state index contributed by atoms with van der Waals surface area (Å²) in [5.41, 5.74) is 0. The molecule has 9 aromatic carbocycles. The van der Waals surface area contributed by atoms with E-state index in [1.807, 2.05) is 0 Å². The highest BCUT2D eigenvalue weighted by atomic mass is 31.2. The molecule has 9 aromatic rings. The minimum absolute atomic E-state index is 0.848. The first-order chi connectivity index (χ1) is 21.7. The fraction of sp³-hybridized carbons (Fsp3) is 0. The van der Waals surface area contributed by atoms with Gasteiger partial charge in [-0.3, -0.25) is 0 Å². The van der Waals surface area contributed by atoms with Crippen LogP contribution in [0, 0.1) is 0 Å². The molecule has 0 fully saturated rings. The van der Waals surface area contributed by atoms with Crippen LogP contribution in [0.5, 0.6) is 0 Å². The third-order valence-corrected chi connectivity index (χ3v) is 12.3. The van der Waals surface area contributed by atoms with Crippen LogP contribution in [0.4, 0.5) is 0 Å². The predicted octanol–water partition coefficient (Wildman–Crippen LogP) is 10.2. The first-order valence-corrected chi connectivity index (χ1v) is 16.8. The van der Waals surface area contributed by atoms with E-state index >= 15 is 4.57 Å². The Bertz CT molecular complexity index is 2570. The van der Waals surface area contributed by atoms with Crippen molar-refractivity contribution < 1.29 is 4.57 Å². The largest absolute Gasteiger partial charge is 0.309 e. The van der Waals surface area contributed by atoms with Gasteiger partial charge in [-0.2, -0.15) is 0 Å². The minimum Gasteiger partial charge on any atom is -0.309 e. The maximum Gasteiger partial charge on any atom is 0.172 e. The van der Waals surface area contributed by atoms with Crippen molar-refractivity contribution in [3.8, 4) is 0 Å². The molecule has 0 N–H and O–H groups in total. The summed E-state index contributed by atoms with van der Waals surface area (Å²) < 4.78 is 16.7. The molecule has 0 atom stereocenters. The lowest BCUT2D eigenvalue weighted by Gasteiger charge is -2.26. The van der Waals surface area contributed by atoms with E-state index in [1.54, 1.807) is 0 Å². The van der Waals surface area contributed by atoms with E-state index < -0.39 is 7.14 Å². The van der Waals surface area contributed by atoms with Crippen LogP contribution in [0.2, 0.25) is 0 Å². The monoisotopic (exact) mass is 578 g/mol. The maximum atomic E-state index is 16.7. The molecule has 0 aliphatic carbocycles. The summed E-state index contributed by atoms with van der Waals surface area (Å²) in [6.45, 7) is 0. The Morgan fingerprint density at radius 2 is 0.727 bits per heavy atom. The Morgan fingerprint density at radius 3 is 1.30 bits per heavy atom. The normalized spacial score (nSPS) is 12.2. The van der Waals surface area contributed by atoms with Crippen molar-refractivity contribution in [2.45, 2.75) is 0 Å². The molecule has 0 amide bonds. The topological polar surface area (TPSA) is 17.1 Å². The first kappa shape index (κ1) is 25.3. The fourth-order valence-electron chi connectivity index (χ4n) is 7.18. The van der Waals surface area contributed by atoms with Gasteiger partial charge >= 0.3 is 0 Å². The molecule has 0 unspecified atom stereocenters. The molecule has 0 saturated heterocycles. The zero-order valence-electron chi connectivity index (χ0n) is 23.9. The van der Waals surface area contributed by atoms with Gasteiger partial charge in [0.1, 0.15) is 0 Å². The molecule has 0 radical (unpaired) electrons. The van der Waals surface area contributed by atoms with E-state index in [0.717, 1.165) is 64.4 Å². The Balaban J connectivity index is 1.55. The van der Waals surface area contributed by atoms with Crippen molar-refractivity contribution in [2.24, 2.45) is 0 Å². The van der Waals surface area contributed by atoms with Crippen LogP contribution in [0.25, 0.3) is 64.6 Å². The molecule has 0 heterocycles. The number of benzene rings is 9. The van der Waals surface area contributed by atoms with E-state index in [-0.39, 0.29) is 0 Å². The summed E-state index contributed by atoms with van der Waals surface area (Å²) in [7, 11) is -3.46. The van der Waals surface area contributed by atoms with Gasteiger partial charge in [-0.05, 0) is 77.4 Å². The van der Waals surface area contributed by atoms with E-state index in [2.05, 4.69) is 164 Å². The van der Waals surface area contributed by atoms with Gasteiger partial charge in [0.15, 0.2) is 7.14 Å². The summed E-state index contributed by atoms with van der Waals surface area (Å²) >= 11 is 0. The third-order valence-electron chi connectivity index (χ3n) is 9.23. The van der Waals surface area contributed by atoms with Gasteiger partial charge < -0.3 is 4.57 Å². The summed E-state index contributed by atoms with van der Waals surface area (Å²) in [6.07, 6.45) is 0. The molecule has 0 aromatic heterocycles. The zero-order chi connectivity index (χ0) is 29.3. The number of hydrogen-bond acceptors (Lipinski definition) is 1. The Kier molecular flexibility index (Phi) is 5.54. The van der Waals surface area contributed by atoms with Crippen LogP contribution >= 0.6 is 7.14 Å². The van der Waals surface area contributed by atoms with Gasteiger partial charge in [-0.1, -0.05) is 146 Å². The predicted molar refractivity (Wildman–Crippen MR) is 191 cm³/mol. The molecule has 2 heteroatoms. The Labute approximate surface area is 255 Å². The van der Waals surface area contributed by atoms with Crippen molar-refractivity contribution in [2.75, 3.05) is 0 Å². The molecule has 0 saturated carbocycles. The molecule has 9 rings (SSSR count). The van der Waals surface area contributed by atoms with E-state index in [9.17, 15) is 0 Å². The summed E-state index contributed by atoms with van der Waals surface area (Å²) in [5, 5.41) is 16.1. The molecule has 206 valence electrons. The first-order valence-electron chi connectivity index (χ1n) is 15.0. The lowest BCUT2D eigenvalue weighted by atomic mass is 9.92. The SMILES string of the molecule is O=P(c1ccc2ccccc2c1)(c1ccc2ccccc2c1)c1c2ccccc2cc2c3ccccc3c3ccccc3c12. The second-order valence-electron chi connectivity index (χ2n) is 11.6. The summed E-state index contributed by atoms with van der Waals surface area (Å²) in [5.74, 6) is 0. The van der Waals surface area contributed by atoms with E-state index in [4.69, 9.17) is 0 Å². The summed E-state index contributed by atoms with van der Waals surface area (Å²) in [6, 6.07) is 57.5. The quantitative estimate of drug-likeness (QED) is 0.116. The second kappa shape index (κ2) is 9.64. The lowest BCUT2D eigenvalue weighted by molar-refractivity contribution is 0.593. The maximum absolute atomic E-state index is 16.7. The van der Waals surface area contributed by atoms with Crippen molar-refractivity contribution in [1.29, 1.82) is 0 Å². The number of rotatable bonds is 3. The zero-order valence-corrected chi connectivity index (χ0v) is 24.8. The Morgan fingerprint density at radius 1 is 0.318 bits per heavy atom. The van der Waals surface area contributed by atoms with Crippen molar-refractivity contribution in [1.82, 2.24) is 0 Å². The van der Waals surface area contributed by atoms with Crippen LogP contribution in [0.15, 0.2) is 164 Å². The molecule has 0 aliphatic rings. The molecular formula is C42H27OP. The smallest absolute Gasteiger partial charge is 0.172 e. The lowest BCUT2D eigenvalue weighted by Crippen LogP contribution is -2.26. The second-order valence-corrected chi connectivity index (χ2v) is 14.3. The summed E-state index contributed by atoms with van der Waals surface area (Å²) in [4.78, 5) is 0. The van der Waals surface area contributed by atoms with Gasteiger partial charge in [0.25, 0.3) is 0 Å². The molecule has 0 aliphatic heterocycles. The van der Waals surface area contributed by atoms with Crippen molar-refractivity contribution in [3.05, 3.63) is 164 Å². The standard InChI is InChI=1S/C42H27OP/c43-44(33-23-21-28-11-1-3-13-30(28)25-33,34-24-22-29-12-2-4-14-31(29)26-34)42-35-16-6-5-15-32(35)27-40-38-19-8-7-17-36(38)37-18-9-10-20-39(37)41(40)42/h1-27H. The third kappa shape index (κ3) is 3.63. The van der Waals surface area contributed by atoms with Gasteiger partial charge in [0.05, 0.1) is 0 Å². The molecular weight excluding hydrogens is 551 g/mol. The highest BCUT2D eigenvalue weighted by Crippen LogP contribution is 2.50. The highest BCUT2D eigenvalue weighted by Gasteiger charge is 2.35. The van der Waals surface area contributed by atoms with Crippen molar-refractivity contribution >= 4 is 87.7 Å². The fourth-order valence-corrected chi connectivity index (χ4v) is 10.3. The van der Waals surface area contributed by atoms with Gasteiger partial charge in [-0.25, -0.2) is 0 Å². The van der Waals surface area contributed by atoms with Crippen molar-refractivity contribution in [3.63, 3.8) is 0 Å². The molecule has 1 nitrogen and oxygen atoms in total. The van der Waals surface area contributed by atoms with Crippen LogP contribution in [0.3, 0.4) is 0 Å². The number of fused-ring (bicyclic) bond motifs is 9. The average Bonchev–Trinajstić information content (AvgIpc) is 3.10. The molecule has 44 heavy (non-hydrogen) atoms. The van der Waals surface area contributed by atoms with Crippen LogP contribution in [-0.2, 0) is 4.57 Å². The van der Waals surface area contributed by atoms with Crippen LogP contribution in [-0.4, -0.2) is 0 Å². The highest BCUT2D eigenvalue weighted by molar-refractivity contribution is 7.86. The minimum atomic E-state index is -3.46. The average molecular weight is 579 g/mol. The van der Waals surface area contributed by atoms with Crippen LogP contribution < -0.4 is 15.9 Å². The molecule has 0 bridgehead atoms. The van der Waals surface area contributed by atoms with E-state index in [1.165, 1.54) is 16.2 Å². The van der Waals surface area contributed by atoms with Gasteiger partial charge in [-0.15, -0.1) is 0 Å². The van der Waals surface area contributed by atoms with Gasteiger partial charge in [0, 0.05) is 21.3 Å². The van der Waals surface area contributed by atoms with E-state index in [0.29, 0.717) is 0 Å². The number of hydrogen-bond donors (Lipinski definition) is 0. The Hall–Kier alpha value is -5.23.